The molecule has 4 heteroatoms. The molecule has 0 spiro atoms. The number of hydrogen-bond acceptors (Lipinski definition) is 2. The van der Waals surface area contributed by atoms with Gasteiger partial charge in [0.2, 0.25) is 0 Å². The van der Waals surface area contributed by atoms with E-state index in [4.69, 9.17) is 8.83 Å². The van der Waals surface area contributed by atoms with Crippen molar-refractivity contribution in [2.24, 2.45) is 0 Å². The van der Waals surface area contributed by atoms with Crippen molar-refractivity contribution in [3.05, 3.63) is 218 Å². The van der Waals surface area contributed by atoms with E-state index in [1.165, 1.54) is 43.7 Å². The van der Waals surface area contributed by atoms with E-state index in [1.807, 2.05) is 12.1 Å². The highest BCUT2D eigenvalue weighted by Crippen LogP contribution is 2.45. The average Bonchev–Trinajstić information content (AvgIpc) is 4.12. The molecule has 0 saturated carbocycles. The lowest BCUT2D eigenvalue weighted by atomic mass is 9.95. The second-order valence-corrected chi connectivity index (χ2v) is 16.8. The summed E-state index contributed by atoms with van der Waals surface area (Å²) in [6, 6.07) is 78.5. The van der Waals surface area contributed by atoms with Crippen LogP contribution in [0.25, 0.3) is 132 Å². The molecule has 0 aliphatic carbocycles. The zero-order valence-corrected chi connectivity index (χ0v) is 34.5. The lowest BCUT2D eigenvalue weighted by molar-refractivity contribution is 0.670. The monoisotopic (exact) mass is 816 g/mol. The fourth-order valence-corrected chi connectivity index (χ4v) is 10.5. The third-order valence-electron chi connectivity index (χ3n) is 13.3. The highest BCUT2D eigenvalue weighted by atomic mass is 16.3. The number of hydrogen-bond donors (Lipinski definition) is 0. The summed E-state index contributed by atoms with van der Waals surface area (Å²) < 4.78 is 18.2. The summed E-state index contributed by atoms with van der Waals surface area (Å²) in [6.45, 7) is 0. The number of aromatic nitrogens is 2. The van der Waals surface area contributed by atoms with E-state index in [-0.39, 0.29) is 0 Å². The number of rotatable bonds is 5. The molecule has 0 atom stereocenters. The molecule has 4 aromatic heterocycles. The molecule has 14 rings (SSSR count). The van der Waals surface area contributed by atoms with Crippen molar-refractivity contribution in [1.82, 2.24) is 9.13 Å². The summed E-state index contributed by atoms with van der Waals surface area (Å²) in [5.74, 6) is 0. The summed E-state index contributed by atoms with van der Waals surface area (Å²) in [5.41, 5.74) is 16.9. The van der Waals surface area contributed by atoms with Gasteiger partial charge in [0.25, 0.3) is 0 Å². The molecule has 4 nitrogen and oxygen atoms in total. The highest BCUT2D eigenvalue weighted by Gasteiger charge is 2.22. The third kappa shape index (κ3) is 5.05. The zero-order valence-electron chi connectivity index (χ0n) is 34.5. The van der Waals surface area contributed by atoms with Gasteiger partial charge in [-0.3, -0.25) is 0 Å². The summed E-state index contributed by atoms with van der Waals surface area (Å²) >= 11 is 0. The molecular weight excluding hydrogens is 781 g/mol. The first kappa shape index (κ1) is 35.0. The second kappa shape index (κ2) is 13.4. The number of furan rings is 2. The molecule has 0 bridgehead atoms. The van der Waals surface area contributed by atoms with Crippen LogP contribution in [0, 0.1) is 0 Å². The van der Waals surface area contributed by atoms with Gasteiger partial charge in [-0.2, -0.15) is 0 Å². The largest absolute Gasteiger partial charge is 0.455 e. The van der Waals surface area contributed by atoms with Crippen LogP contribution in [-0.4, -0.2) is 9.13 Å². The quantitative estimate of drug-likeness (QED) is 0.173. The Labute approximate surface area is 367 Å². The van der Waals surface area contributed by atoms with Crippen LogP contribution in [0.15, 0.2) is 227 Å². The second-order valence-electron chi connectivity index (χ2n) is 16.8. The normalized spacial score (nSPS) is 12.1. The van der Waals surface area contributed by atoms with Crippen LogP contribution >= 0.6 is 0 Å². The van der Waals surface area contributed by atoms with Gasteiger partial charge in [0.05, 0.1) is 22.1 Å². The Morgan fingerprint density at radius 1 is 0.266 bits per heavy atom. The fourth-order valence-electron chi connectivity index (χ4n) is 10.5. The summed E-state index contributed by atoms with van der Waals surface area (Å²) in [5, 5.41) is 9.32. The van der Waals surface area contributed by atoms with Crippen LogP contribution in [0.4, 0.5) is 0 Å². The van der Waals surface area contributed by atoms with Crippen molar-refractivity contribution in [2.75, 3.05) is 0 Å². The van der Waals surface area contributed by atoms with E-state index in [9.17, 15) is 0 Å². The Balaban J connectivity index is 1.04. The van der Waals surface area contributed by atoms with E-state index in [0.717, 1.165) is 88.5 Å². The SMILES string of the molecule is c1ccc(-n2c3ccccc3c3ccc(-c4cccc5c4c4ccccc4n5-c4cc(-c5cccc6c5oc5ccccc56)cc(-c5cccc6c5oc5ccccc56)c4)cc32)cc1. The number of para-hydroxylation sites is 7. The minimum absolute atomic E-state index is 0.876. The average molecular weight is 817 g/mol. The van der Waals surface area contributed by atoms with Crippen LogP contribution in [0.5, 0.6) is 0 Å². The van der Waals surface area contributed by atoms with Crippen molar-refractivity contribution < 1.29 is 8.83 Å². The van der Waals surface area contributed by atoms with Gasteiger partial charge in [-0.05, 0) is 89.0 Å². The standard InChI is InChI=1S/C60H36N2O2/c1-2-15-40(16-3-1)61-52-26-8-4-17-45(52)46-32-31-37(36-55(46)61)42-21-14-28-54-58(42)51-20-5-9-27-53(51)62(54)41-34-38(43-22-12-24-49-47-18-6-10-29-56(47)63-59(43)49)33-39(35-41)44-23-13-25-50-48-19-7-11-30-57(48)64-60(44)50/h1-36H. The van der Waals surface area contributed by atoms with Crippen LogP contribution in [0.3, 0.4) is 0 Å². The lowest BCUT2D eigenvalue weighted by Gasteiger charge is -2.15. The number of nitrogens with zero attached hydrogens (tertiary/aromatic N) is 2. The van der Waals surface area contributed by atoms with Crippen molar-refractivity contribution in [3.63, 3.8) is 0 Å². The smallest absolute Gasteiger partial charge is 0.143 e. The Hall–Kier alpha value is -8.60. The minimum atomic E-state index is 0.876. The topological polar surface area (TPSA) is 36.1 Å². The van der Waals surface area contributed by atoms with Crippen molar-refractivity contribution in [2.45, 2.75) is 0 Å². The van der Waals surface area contributed by atoms with Crippen molar-refractivity contribution in [3.8, 4) is 44.8 Å². The first-order chi connectivity index (χ1) is 31.7. The van der Waals surface area contributed by atoms with Gasteiger partial charge in [0.15, 0.2) is 0 Å². The molecule has 0 radical (unpaired) electrons. The van der Waals surface area contributed by atoms with Crippen LogP contribution in [0.2, 0.25) is 0 Å². The molecule has 14 aromatic rings. The van der Waals surface area contributed by atoms with Crippen molar-refractivity contribution in [1.29, 1.82) is 0 Å². The van der Waals surface area contributed by atoms with Crippen LogP contribution in [-0.2, 0) is 0 Å². The van der Waals surface area contributed by atoms with Gasteiger partial charge in [0.1, 0.15) is 22.3 Å². The molecule has 0 amide bonds. The Morgan fingerprint density at radius 2 is 0.750 bits per heavy atom. The maximum absolute atomic E-state index is 6.69. The van der Waals surface area contributed by atoms with Crippen LogP contribution < -0.4 is 0 Å². The third-order valence-corrected chi connectivity index (χ3v) is 13.3. The van der Waals surface area contributed by atoms with E-state index >= 15 is 0 Å². The molecule has 0 saturated heterocycles. The predicted octanol–water partition coefficient (Wildman–Crippen LogP) is 16.7. The zero-order chi connectivity index (χ0) is 41.9. The molecule has 0 aliphatic heterocycles. The highest BCUT2D eigenvalue weighted by molar-refractivity contribution is 6.18. The Kier molecular flexibility index (Phi) is 7.36. The molecule has 0 aliphatic rings. The predicted molar refractivity (Wildman–Crippen MR) is 266 cm³/mol. The molecule has 0 N–H and O–H groups in total. The lowest BCUT2D eigenvalue weighted by Crippen LogP contribution is -1.96. The van der Waals surface area contributed by atoms with Gasteiger partial charge >= 0.3 is 0 Å². The van der Waals surface area contributed by atoms with Crippen molar-refractivity contribution >= 4 is 87.5 Å². The number of fused-ring (bicyclic) bond motifs is 12. The Morgan fingerprint density at radius 3 is 1.42 bits per heavy atom. The summed E-state index contributed by atoms with van der Waals surface area (Å²) in [4.78, 5) is 0. The Bertz CT molecular complexity index is 4070. The van der Waals surface area contributed by atoms with Crippen LogP contribution in [0.1, 0.15) is 0 Å². The number of benzene rings is 10. The van der Waals surface area contributed by atoms with Gasteiger partial charge in [-0.25, -0.2) is 0 Å². The van der Waals surface area contributed by atoms with E-state index in [0.29, 0.717) is 0 Å². The fraction of sp³-hybridized carbons (Fsp3) is 0. The summed E-state index contributed by atoms with van der Waals surface area (Å²) in [7, 11) is 0. The molecule has 0 fully saturated rings. The molecule has 298 valence electrons. The van der Waals surface area contributed by atoms with Gasteiger partial charge in [-0.1, -0.05) is 152 Å². The molecular formula is C60H36N2O2. The maximum atomic E-state index is 6.69. The van der Waals surface area contributed by atoms with Gasteiger partial charge in [-0.15, -0.1) is 0 Å². The molecule has 64 heavy (non-hydrogen) atoms. The van der Waals surface area contributed by atoms with Gasteiger partial charge in [0, 0.05) is 65.6 Å². The van der Waals surface area contributed by atoms with Gasteiger partial charge < -0.3 is 18.0 Å². The molecule has 0 unspecified atom stereocenters. The van der Waals surface area contributed by atoms with E-state index < -0.39 is 0 Å². The first-order valence-corrected chi connectivity index (χ1v) is 21.8. The summed E-state index contributed by atoms with van der Waals surface area (Å²) in [6.07, 6.45) is 0. The molecule has 4 heterocycles. The van der Waals surface area contributed by atoms with E-state index in [2.05, 4.69) is 215 Å². The molecule has 10 aromatic carbocycles. The maximum Gasteiger partial charge on any atom is 0.143 e. The minimum Gasteiger partial charge on any atom is -0.455 e. The van der Waals surface area contributed by atoms with E-state index in [1.54, 1.807) is 0 Å². The first-order valence-electron chi connectivity index (χ1n) is 21.8.